The van der Waals surface area contributed by atoms with Gasteiger partial charge in [0, 0.05) is 5.75 Å². The predicted molar refractivity (Wildman–Crippen MR) is 86.1 cm³/mol. The number of rotatable bonds is 7. The van der Waals surface area contributed by atoms with E-state index in [0.29, 0.717) is 5.75 Å². The van der Waals surface area contributed by atoms with Crippen LogP contribution in [-0.2, 0) is 20.1 Å². The number of esters is 1. The Hall–Kier alpha value is -1.49. The summed E-state index contributed by atoms with van der Waals surface area (Å²) in [5.74, 6) is 0.565. The largest absolute Gasteiger partial charge is 0.467 e. The SMILES string of the molecule is COC(=O)C(NC(=O)CSCc1cccc(C)c1)C(C)C. The fraction of sp³-hybridized carbons (Fsp3) is 0.500. The number of amides is 1. The molecule has 0 fully saturated rings. The molecule has 1 aromatic rings. The minimum absolute atomic E-state index is 0.00294. The van der Waals surface area contributed by atoms with Crippen molar-refractivity contribution in [2.24, 2.45) is 5.92 Å². The molecule has 0 saturated carbocycles. The summed E-state index contributed by atoms with van der Waals surface area (Å²) < 4.78 is 4.70. The van der Waals surface area contributed by atoms with Crippen LogP contribution in [0, 0.1) is 12.8 Å². The molecule has 1 N–H and O–H groups in total. The molecule has 1 rings (SSSR count). The zero-order valence-corrected chi connectivity index (χ0v) is 13.8. The van der Waals surface area contributed by atoms with E-state index in [-0.39, 0.29) is 11.8 Å². The summed E-state index contributed by atoms with van der Waals surface area (Å²) in [4.78, 5) is 23.5. The van der Waals surface area contributed by atoms with Crippen LogP contribution in [0.4, 0.5) is 0 Å². The summed E-state index contributed by atoms with van der Waals surface area (Å²) in [7, 11) is 1.33. The van der Waals surface area contributed by atoms with Gasteiger partial charge in [0.25, 0.3) is 0 Å². The molecular formula is C16H23NO3S. The zero-order valence-electron chi connectivity index (χ0n) is 13.0. The topological polar surface area (TPSA) is 55.4 Å². The van der Waals surface area contributed by atoms with Crippen LogP contribution >= 0.6 is 11.8 Å². The standard InChI is InChI=1S/C16H23NO3S/c1-11(2)15(16(19)20-4)17-14(18)10-21-9-13-7-5-6-12(3)8-13/h5-8,11,15H,9-10H2,1-4H3,(H,17,18). The number of thioether (sulfide) groups is 1. The summed E-state index contributed by atoms with van der Waals surface area (Å²) in [5.41, 5.74) is 2.41. The summed E-state index contributed by atoms with van der Waals surface area (Å²) >= 11 is 1.53. The summed E-state index contributed by atoms with van der Waals surface area (Å²) in [6.07, 6.45) is 0. The Kier molecular flexibility index (Phi) is 7.29. The molecule has 1 unspecified atom stereocenters. The third-order valence-electron chi connectivity index (χ3n) is 3.02. The second kappa shape index (κ2) is 8.72. The van der Waals surface area contributed by atoms with E-state index in [1.165, 1.54) is 30.0 Å². The summed E-state index contributed by atoms with van der Waals surface area (Å²) in [6, 6.07) is 7.63. The van der Waals surface area contributed by atoms with Crippen LogP contribution in [0.3, 0.4) is 0 Å². The van der Waals surface area contributed by atoms with Gasteiger partial charge in [-0.25, -0.2) is 4.79 Å². The normalized spacial score (nSPS) is 12.0. The molecule has 0 bridgehead atoms. The molecule has 0 radical (unpaired) electrons. The minimum atomic E-state index is -0.581. The van der Waals surface area contributed by atoms with Crippen LogP contribution in [-0.4, -0.2) is 30.8 Å². The number of aryl methyl sites for hydroxylation is 1. The van der Waals surface area contributed by atoms with Crippen LogP contribution in [0.2, 0.25) is 0 Å². The first-order valence-electron chi connectivity index (χ1n) is 6.94. The van der Waals surface area contributed by atoms with Crippen molar-refractivity contribution in [3.63, 3.8) is 0 Å². The fourth-order valence-corrected chi connectivity index (χ4v) is 2.69. The van der Waals surface area contributed by atoms with Crippen molar-refractivity contribution in [3.05, 3.63) is 35.4 Å². The molecule has 1 aromatic carbocycles. The number of hydrogen-bond donors (Lipinski definition) is 1. The lowest BCUT2D eigenvalue weighted by Gasteiger charge is -2.19. The van der Waals surface area contributed by atoms with E-state index >= 15 is 0 Å². The maximum atomic E-state index is 11.9. The van der Waals surface area contributed by atoms with Crippen molar-refractivity contribution in [1.82, 2.24) is 5.32 Å². The molecule has 5 heteroatoms. The van der Waals surface area contributed by atoms with Crippen LogP contribution in [0.5, 0.6) is 0 Å². The van der Waals surface area contributed by atoms with Crippen LogP contribution < -0.4 is 5.32 Å². The molecule has 0 aromatic heterocycles. The van der Waals surface area contributed by atoms with Gasteiger partial charge in [-0.15, -0.1) is 11.8 Å². The first-order chi connectivity index (χ1) is 9.93. The lowest BCUT2D eigenvalue weighted by Crippen LogP contribution is -2.45. The van der Waals surface area contributed by atoms with E-state index in [1.807, 2.05) is 39.0 Å². The van der Waals surface area contributed by atoms with E-state index < -0.39 is 12.0 Å². The number of ether oxygens (including phenoxy) is 1. The molecule has 116 valence electrons. The average molecular weight is 309 g/mol. The first kappa shape index (κ1) is 17.6. The third-order valence-corrected chi connectivity index (χ3v) is 4.03. The van der Waals surface area contributed by atoms with Crippen molar-refractivity contribution in [3.8, 4) is 0 Å². The second-order valence-corrected chi connectivity index (χ2v) is 6.28. The van der Waals surface area contributed by atoms with E-state index in [1.54, 1.807) is 0 Å². The van der Waals surface area contributed by atoms with Gasteiger partial charge in [-0.3, -0.25) is 4.79 Å². The van der Waals surface area contributed by atoms with Gasteiger partial charge in [-0.05, 0) is 18.4 Å². The Bertz CT molecular complexity index is 488. The molecule has 0 aliphatic carbocycles. The fourth-order valence-electron chi connectivity index (χ4n) is 1.90. The quantitative estimate of drug-likeness (QED) is 0.787. The Morgan fingerprint density at radius 2 is 2.05 bits per heavy atom. The number of benzene rings is 1. The molecule has 21 heavy (non-hydrogen) atoms. The Balaban J connectivity index is 2.41. The number of methoxy groups -OCH3 is 1. The number of carbonyl (C=O) groups is 2. The molecular weight excluding hydrogens is 286 g/mol. The van der Waals surface area contributed by atoms with E-state index in [4.69, 9.17) is 4.74 Å². The van der Waals surface area contributed by atoms with Gasteiger partial charge in [0.1, 0.15) is 6.04 Å². The Labute approximate surface area is 130 Å². The monoisotopic (exact) mass is 309 g/mol. The van der Waals surface area contributed by atoms with Crippen LogP contribution in [0.15, 0.2) is 24.3 Å². The minimum Gasteiger partial charge on any atom is -0.467 e. The molecule has 0 aliphatic heterocycles. The lowest BCUT2D eigenvalue weighted by atomic mass is 10.1. The summed E-state index contributed by atoms with van der Waals surface area (Å²) in [5, 5.41) is 2.73. The van der Waals surface area contributed by atoms with Crippen molar-refractivity contribution in [2.45, 2.75) is 32.6 Å². The van der Waals surface area contributed by atoms with Crippen LogP contribution in [0.1, 0.15) is 25.0 Å². The van der Waals surface area contributed by atoms with Crippen molar-refractivity contribution in [1.29, 1.82) is 0 Å². The molecule has 1 amide bonds. The molecule has 0 spiro atoms. The summed E-state index contributed by atoms with van der Waals surface area (Å²) in [6.45, 7) is 5.80. The lowest BCUT2D eigenvalue weighted by molar-refractivity contribution is -0.146. The van der Waals surface area contributed by atoms with Gasteiger partial charge >= 0.3 is 5.97 Å². The first-order valence-corrected chi connectivity index (χ1v) is 8.10. The molecule has 0 heterocycles. The van der Waals surface area contributed by atoms with Gasteiger partial charge in [-0.2, -0.15) is 0 Å². The average Bonchev–Trinajstić information content (AvgIpc) is 2.43. The number of hydrogen-bond acceptors (Lipinski definition) is 4. The predicted octanol–water partition coefficient (Wildman–Crippen LogP) is 2.54. The molecule has 1 atom stereocenters. The molecule has 0 aliphatic rings. The van der Waals surface area contributed by atoms with Crippen molar-refractivity contribution in [2.75, 3.05) is 12.9 Å². The molecule has 4 nitrogen and oxygen atoms in total. The van der Waals surface area contributed by atoms with Gasteiger partial charge in [0.2, 0.25) is 5.91 Å². The second-order valence-electron chi connectivity index (χ2n) is 5.29. The van der Waals surface area contributed by atoms with Gasteiger partial charge in [-0.1, -0.05) is 43.7 Å². The maximum Gasteiger partial charge on any atom is 0.328 e. The van der Waals surface area contributed by atoms with Gasteiger partial charge in [0.05, 0.1) is 12.9 Å². The Morgan fingerprint density at radius 3 is 2.62 bits per heavy atom. The number of nitrogens with one attached hydrogen (secondary N) is 1. The van der Waals surface area contributed by atoms with Gasteiger partial charge in [0.15, 0.2) is 0 Å². The van der Waals surface area contributed by atoms with E-state index in [9.17, 15) is 9.59 Å². The Morgan fingerprint density at radius 1 is 1.33 bits per heavy atom. The molecule has 0 saturated heterocycles. The third kappa shape index (κ3) is 6.21. The van der Waals surface area contributed by atoms with E-state index in [2.05, 4.69) is 11.4 Å². The highest BCUT2D eigenvalue weighted by molar-refractivity contribution is 7.99. The smallest absolute Gasteiger partial charge is 0.328 e. The highest BCUT2D eigenvalue weighted by atomic mass is 32.2. The van der Waals surface area contributed by atoms with E-state index in [0.717, 1.165) is 5.75 Å². The number of carbonyl (C=O) groups excluding carboxylic acids is 2. The maximum absolute atomic E-state index is 11.9. The highest BCUT2D eigenvalue weighted by Crippen LogP contribution is 2.13. The highest BCUT2D eigenvalue weighted by Gasteiger charge is 2.24. The van der Waals surface area contributed by atoms with Crippen LogP contribution in [0.25, 0.3) is 0 Å². The van der Waals surface area contributed by atoms with Crippen molar-refractivity contribution >= 4 is 23.6 Å². The zero-order chi connectivity index (χ0) is 15.8. The van der Waals surface area contributed by atoms with Gasteiger partial charge < -0.3 is 10.1 Å². The van der Waals surface area contributed by atoms with Crippen molar-refractivity contribution < 1.29 is 14.3 Å².